The van der Waals surface area contributed by atoms with E-state index in [0.717, 1.165) is 29.7 Å². The summed E-state index contributed by atoms with van der Waals surface area (Å²) in [4.78, 5) is 34.5. The van der Waals surface area contributed by atoms with E-state index in [1.54, 1.807) is 11.7 Å². The van der Waals surface area contributed by atoms with Gasteiger partial charge in [-0.2, -0.15) is 0 Å². The van der Waals surface area contributed by atoms with Crippen molar-refractivity contribution in [1.29, 1.82) is 0 Å². The normalized spacial score (nSPS) is 22.6. The number of amides is 2. The number of hydrogen-bond acceptors (Lipinski definition) is 6. The summed E-state index contributed by atoms with van der Waals surface area (Å²) in [5.74, 6) is -0.967. The highest BCUT2D eigenvalue weighted by molar-refractivity contribution is 5.87. The highest BCUT2D eigenvalue weighted by Gasteiger charge is 2.42. The number of rotatable bonds is 5. The van der Waals surface area contributed by atoms with Crippen molar-refractivity contribution >= 4 is 28.4 Å². The number of benzene rings is 2. The van der Waals surface area contributed by atoms with Crippen molar-refractivity contribution < 1.29 is 19.5 Å². The van der Waals surface area contributed by atoms with Gasteiger partial charge < -0.3 is 14.5 Å². The SMILES string of the molecule is O=C(NO)[C@H]1CC(Oc2ccc3cccnc3c2)CC[C@@H]1C(=O)N1CCN(c2ccccc2)CC1. The predicted molar refractivity (Wildman–Crippen MR) is 132 cm³/mol. The fourth-order valence-corrected chi connectivity index (χ4v) is 5.28. The Kier molecular flexibility index (Phi) is 6.81. The van der Waals surface area contributed by atoms with Crippen LogP contribution in [0, 0.1) is 11.8 Å². The molecule has 2 N–H and O–H groups in total. The fraction of sp³-hybridized carbons (Fsp3) is 0.370. The number of ether oxygens (including phenoxy) is 1. The summed E-state index contributed by atoms with van der Waals surface area (Å²) >= 11 is 0. The Hall–Kier alpha value is -3.65. The number of fused-ring (bicyclic) bond motifs is 1. The van der Waals surface area contributed by atoms with Gasteiger partial charge >= 0.3 is 0 Å². The first-order chi connectivity index (χ1) is 17.1. The summed E-state index contributed by atoms with van der Waals surface area (Å²) in [6.45, 7) is 2.73. The molecule has 5 rings (SSSR count). The van der Waals surface area contributed by atoms with Crippen LogP contribution in [-0.4, -0.2) is 59.2 Å². The average Bonchev–Trinajstić information content (AvgIpc) is 2.92. The smallest absolute Gasteiger partial charge is 0.247 e. The topological polar surface area (TPSA) is 95.0 Å². The third kappa shape index (κ3) is 5.07. The second kappa shape index (κ2) is 10.3. The lowest BCUT2D eigenvalue weighted by atomic mass is 9.76. The number of hydroxylamine groups is 1. The van der Waals surface area contributed by atoms with Gasteiger partial charge in [-0.25, -0.2) is 5.48 Å². The van der Waals surface area contributed by atoms with Gasteiger partial charge in [-0.05, 0) is 49.6 Å². The van der Waals surface area contributed by atoms with E-state index in [2.05, 4.69) is 22.0 Å². The molecule has 2 amide bonds. The molecule has 3 atom stereocenters. The molecule has 8 nitrogen and oxygen atoms in total. The van der Waals surface area contributed by atoms with Crippen LogP contribution >= 0.6 is 0 Å². The Labute approximate surface area is 204 Å². The predicted octanol–water partition coefficient (Wildman–Crippen LogP) is 3.25. The van der Waals surface area contributed by atoms with E-state index in [-0.39, 0.29) is 12.0 Å². The first kappa shape index (κ1) is 23.1. The largest absolute Gasteiger partial charge is 0.490 e. The minimum Gasteiger partial charge on any atom is -0.490 e. The van der Waals surface area contributed by atoms with Crippen LogP contribution in [0.5, 0.6) is 5.75 Å². The van der Waals surface area contributed by atoms with E-state index < -0.39 is 17.7 Å². The molecule has 0 spiro atoms. The second-order valence-electron chi connectivity index (χ2n) is 9.25. The maximum Gasteiger partial charge on any atom is 0.247 e. The first-order valence-corrected chi connectivity index (χ1v) is 12.2. The zero-order valence-electron chi connectivity index (χ0n) is 19.5. The average molecular weight is 475 g/mol. The zero-order chi connectivity index (χ0) is 24.2. The maximum absolute atomic E-state index is 13.4. The van der Waals surface area contributed by atoms with Crippen molar-refractivity contribution in [2.75, 3.05) is 31.1 Å². The number of carbonyl (C=O) groups excluding carboxylic acids is 2. The molecule has 1 saturated heterocycles. The molecule has 1 unspecified atom stereocenters. The zero-order valence-corrected chi connectivity index (χ0v) is 19.5. The molecule has 1 aliphatic carbocycles. The molecule has 182 valence electrons. The molecule has 2 fully saturated rings. The van der Waals surface area contributed by atoms with Crippen LogP contribution in [0.1, 0.15) is 19.3 Å². The van der Waals surface area contributed by atoms with Crippen LogP contribution in [0.4, 0.5) is 5.69 Å². The Balaban J connectivity index is 1.23. The molecule has 0 bridgehead atoms. The molecule has 1 saturated carbocycles. The van der Waals surface area contributed by atoms with Gasteiger partial charge in [-0.1, -0.05) is 24.3 Å². The van der Waals surface area contributed by atoms with E-state index in [0.29, 0.717) is 38.1 Å². The Morgan fingerprint density at radius 1 is 0.943 bits per heavy atom. The molecule has 1 aromatic heterocycles. The van der Waals surface area contributed by atoms with Gasteiger partial charge in [0.2, 0.25) is 11.8 Å². The van der Waals surface area contributed by atoms with E-state index in [9.17, 15) is 14.8 Å². The van der Waals surface area contributed by atoms with Crippen molar-refractivity contribution in [1.82, 2.24) is 15.4 Å². The number of piperazine rings is 1. The number of hydrogen-bond donors (Lipinski definition) is 2. The molecule has 3 aromatic rings. The number of anilines is 1. The summed E-state index contributed by atoms with van der Waals surface area (Å²) in [5.41, 5.74) is 3.77. The summed E-state index contributed by atoms with van der Waals surface area (Å²) in [6.07, 6.45) is 3.08. The quantitative estimate of drug-likeness (QED) is 0.436. The minimum atomic E-state index is -0.642. The summed E-state index contributed by atoms with van der Waals surface area (Å²) in [6, 6.07) is 19.8. The Morgan fingerprint density at radius 2 is 1.74 bits per heavy atom. The van der Waals surface area contributed by atoms with Crippen LogP contribution in [-0.2, 0) is 9.59 Å². The van der Waals surface area contributed by atoms with Gasteiger partial charge in [0, 0.05) is 49.5 Å². The molecular weight excluding hydrogens is 444 g/mol. The summed E-state index contributed by atoms with van der Waals surface area (Å²) < 4.78 is 6.19. The molecule has 0 radical (unpaired) electrons. The van der Waals surface area contributed by atoms with Gasteiger partial charge in [0.25, 0.3) is 0 Å². The fourth-order valence-electron chi connectivity index (χ4n) is 5.28. The monoisotopic (exact) mass is 474 g/mol. The van der Waals surface area contributed by atoms with Crippen molar-refractivity contribution in [3.8, 4) is 5.75 Å². The molecule has 2 aliphatic rings. The lowest BCUT2D eigenvalue weighted by molar-refractivity contribution is -0.148. The van der Waals surface area contributed by atoms with E-state index in [4.69, 9.17) is 4.74 Å². The number of para-hydroxylation sites is 1. The van der Waals surface area contributed by atoms with E-state index in [1.165, 1.54) is 0 Å². The third-order valence-electron chi connectivity index (χ3n) is 7.16. The lowest BCUT2D eigenvalue weighted by Crippen LogP contribution is -2.53. The number of nitrogens with one attached hydrogen (secondary N) is 1. The summed E-state index contributed by atoms with van der Waals surface area (Å²) in [5, 5.41) is 10.4. The van der Waals surface area contributed by atoms with Gasteiger partial charge in [0.1, 0.15) is 5.75 Å². The standard InChI is InChI=1S/C27H30N4O4/c32-26(29-34)24-17-21(35-22-9-8-19-5-4-12-28-25(19)18-22)10-11-23(24)27(33)31-15-13-30(14-16-31)20-6-2-1-3-7-20/h1-9,12,18,21,23-24,34H,10-11,13-17H2,(H,29,32)/t21?,23-,24-/m0/s1. The van der Waals surface area contributed by atoms with Gasteiger partial charge in [-0.15, -0.1) is 0 Å². The Morgan fingerprint density at radius 3 is 2.51 bits per heavy atom. The van der Waals surface area contributed by atoms with Crippen molar-refractivity contribution in [2.45, 2.75) is 25.4 Å². The van der Waals surface area contributed by atoms with Crippen LogP contribution in [0.3, 0.4) is 0 Å². The first-order valence-electron chi connectivity index (χ1n) is 12.2. The molecular formula is C27H30N4O4. The molecule has 1 aliphatic heterocycles. The molecule has 2 heterocycles. The minimum absolute atomic E-state index is 0.0142. The molecule has 35 heavy (non-hydrogen) atoms. The highest BCUT2D eigenvalue weighted by atomic mass is 16.5. The molecule has 8 heteroatoms. The number of nitrogens with zero attached hydrogens (tertiary/aromatic N) is 3. The van der Waals surface area contributed by atoms with Crippen molar-refractivity contribution in [3.05, 3.63) is 66.9 Å². The van der Waals surface area contributed by atoms with E-state index in [1.807, 2.05) is 53.4 Å². The van der Waals surface area contributed by atoms with Crippen molar-refractivity contribution in [2.24, 2.45) is 11.8 Å². The maximum atomic E-state index is 13.4. The van der Waals surface area contributed by atoms with Crippen LogP contribution in [0.2, 0.25) is 0 Å². The number of aromatic nitrogens is 1. The lowest BCUT2D eigenvalue weighted by Gasteiger charge is -2.40. The Bertz CT molecular complexity index is 1180. The number of carbonyl (C=O) groups is 2. The third-order valence-corrected chi connectivity index (χ3v) is 7.16. The van der Waals surface area contributed by atoms with E-state index >= 15 is 0 Å². The van der Waals surface area contributed by atoms with Crippen LogP contribution in [0.15, 0.2) is 66.9 Å². The molecule has 2 aromatic carbocycles. The number of pyridine rings is 1. The second-order valence-corrected chi connectivity index (χ2v) is 9.25. The van der Waals surface area contributed by atoms with Gasteiger partial charge in [0.15, 0.2) is 0 Å². The van der Waals surface area contributed by atoms with Crippen LogP contribution in [0.25, 0.3) is 10.9 Å². The highest BCUT2D eigenvalue weighted by Crippen LogP contribution is 2.35. The van der Waals surface area contributed by atoms with Crippen molar-refractivity contribution in [3.63, 3.8) is 0 Å². The van der Waals surface area contributed by atoms with Gasteiger partial charge in [0.05, 0.1) is 23.5 Å². The summed E-state index contributed by atoms with van der Waals surface area (Å²) in [7, 11) is 0. The van der Waals surface area contributed by atoms with Crippen LogP contribution < -0.4 is 15.1 Å². The van der Waals surface area contributed by atoms with Gasteiger partial charge in [-0.3, -0.25) is 19.8 Å².